The molecule has 0 unspecified atom stereocenters. The molecule has 0 radical (unpaired) electrons. The number of nitrogens with one attached hydrogen (secondary N) is 1. The van der Waals surface area contributed by atoms with Gasteiger partial charge in [-0.15, -0.1) is 10.2 Å². The van der Waals surface area contributed by atoms with E-state index in [0.29, 0.717) is 25.2 Å². The number of carbonyl (C=O) groups excluding carboxylic acids is 2. The summed E-state index contributed by atoms with van der Waals surface area (Å²) in [7, 11) is 0. The van der Waals surface area contributed by atoms with Crippen LogP contribution in [0.3, 0.4) is 0 Å². The number of ether oxygens (including phenoxy) is 1. The Morgan fingerprint density at radius 1 is 1.19 bits per heavy atom. The number of hydrogen-bond donors (Lipinski definition) is 1. The molecule has 10 heteroatoms. The van der Waals surface area contributed by atoms with Gasteiger partial charge < -0.3 is 19.5 Å². The molecule has 3 rings (SSSR count). The van der Waals surface area contributed by atoms with Crippen LogP contribution in [0.5, 0.6) is 0 Å². The molecule has 2 aromatic rings. The van der Waals surface area contributed by atoms with E-state index in [2.05, 4.69) is 15.5 Å². The second-order valence-electron chi connectivity index (χ2n) is 8.85. The molecule has 0 spiro atoms. The summed E-state index contributed by atoms with van der Waals surface area (Å²) in [6.45, 7) is 8.63. The predicted octanol–water partition coefficient (Wildman–Crippen LogP) is 2.99. The summed E-state index contributed by atoms with van der Waals surface area (Å²) in [6, 6.07) is 2.87. The smallest absolute Gasteiger partial charge is 0.407 e. The zero-order valence-electron chi connectivity index (χ0n) is 18.8. The van der Waals surface area contributed by atoms with Gasteiger partial charge in [-0.2, -0.15) is 0 Å². The Hall–Kier alpha value is -3.04. The normalized spacial score (nSPS) is 14.6. The molecule has 0 aliphatic carbocycles. The van der Waals surface area contributed by atoms with Crippen molar-refractivity contribution in [1.29, 1.82) is 0 Å². The highest BCUT2D eigenvalue weighted by Crippen LogP contribution is 2.17. The average molecular weight is 450 g/mol. The number of rotatable bonds is 6. The number of benzene rings is 1. The lowest BCUT2D eigenvalue weighted by molar-refractivity contribution is -0.133. The van der Waals surface area contributed by atoms with Crippen molar-refractivity contribution in [3.8, 4) is 0 Å². The lowest BCUT2D eigenvalue weighted by atomic mass is 10.0. The van der Waals surface area contributed by atoms with Crippen molar-refractivity contribution in [3.63, 3.8) is 0 Å². The minimum absolute atomic E-state index is 0.0208. The third-order valence-corrected chi connectivity index (χ3v) is 5.11. The highest BCUT2D eigenvalue weighted by Gasteiger charge is 2.28. The van der Waals surface area contributed by atoms with Crippen molar-refractivity contribution in [2.24, 2.45) is 0 Å². The highest BCUT2D eigenvalue weighted by atomic mass is 19.2. The Morgan fingerprint density at radius 3 is 2.59 bits per heavy atom. The Balaban J connectivity index is 1.71. The monoisotopic (exact) mass is 449 g/mol. The molecule has 0 bridgehead atoms. The van der Waals surface area contributed by atoms with E-state index < -0.39 is 29.4 Å². The number of carbonyl (C=O) groups is 2. The molecule has 1 aromatic carbocycles. The minimum Gasteiger partial charge on any atom is -0.444 e. The Morgan fingerprint density at radius 2 is 1.94 bits per heavy atom. The maximum Gasteiger partial charge on any atom is 0.407 e. The largest absolute Gasteiger partial charge is 0.444 e. The Labute approximate surface area is 185 Å². The van der Waals surface area contributed by atoms with Gasteiger partial charge >= 0.3 is 6.09 Å². The van der Waals surface area contributed by atoms with Gasteiger partial charge in [0.1, 0.15) is 11.4 Å². The van der Waals surface area contributed by atoms with Crippen LogP contribution in [0.25, 0.3) is 0 Å². The van der Waals surface area contributed by atoms with E-state index in [1.807, 2.05) is 11.5 Å². The molecular weight excluding hydrogens is 420 g/mol. The molecule has 0 saturated heterocycles. The standard InChI is InChI=1S/C22H29F2N5O3/c1-5-18-26-27-19-13-28(8-9-29(18)19)20(30)12-15(25-21(31)32-22(2,3)4)10-14-6-7-16(23)17(24)11-14/h6-7,11,15H,5,8-10,12-13H2,1-4H3,(H,25,31)/t15-/m1/s1. The number of halogens is 2. The third kappa shape index (κ3) is 6.02. The van der Waals surface area contributed by atoms with Gasteiger partial charge in [-0.25, -0.2) is 13.6 Å². The predicted molar refractivity (Wildman–Crippen MR) is 113 cm³/mol. The van der Waals surface area contributed by atoms with E-state index >= 15 is 0 Å². The molecule has 8 nitrogen and oxygen atoms in total. The molecule has 1 aliphatic heterocycles. The molecule has 0 fully saturated rings. The molecule has 2 heterocycles. The van der Waals surface area contributed by atoms with Crippen molar-refractivity contribution in [2.45, 2.75) is 71.7 Å². The van der Waals surface area contributed by atoms with Crippen molar-refractivity contribution < 1.29 is 23.1 Å². The second kappa shape index (κ2) is 9.62. The third-order valence-electron chi connectivity index (χ3n) is 5.11. The number of alkyl carbamates (subject to hydrolysis) is 1. The number of aryl methyl sites for hydroxylation is 1. The summed E-state index contributed by atoms with van der Waals surface area (Å²) in [6.07, 6.45) is 0.208. The maximum absolute atomic E-state index is 13.7. The van der Waals surface area contributed by atoms with Gasteiger partial charge in [0, 0.05) is 32.0 Å². The molecule has 1 aliphatic rings. The van der Waals surface area contributed by atoms with Crippen molar-refractivity contribution >= 4 is 12.0 Å². The number of nitrogens with zero attached hydrogens (tertiary/aromatic N) is 4. The average Bonchev–Trinajstić information content (AvgIpc) is 3.11. The summed E-state index contributed by atoms with van der Waals surface area (Å²) in [5.74, 6) is -0.508. The van der Waals surface area contributed by atoms with Gasteiger partial charge in [0.2, 0.25) is 5.91 Å². The van der Waals surface area contributed by atoms with Gasteiger partial charge in [0.25, 0.3) is 0 Å². The van der Waals surface area contributed by atoms with E-state index in [1.54, 1.807) is 25.7 Å². The topological polar surface area (TPSA) is 89.4 Å². The molecule has 2 amide bonds. The first-order chi connectivity index (χ1) is 15.1. The number of aromatic nitrogens is 3. The molecule has 1 aromatic heterocycles. The number of hydrogen-bond acceptors (Lipinski definition) is 5. The van der Waals surface area contributed by atoms with Gasteiger partial charge in [-0.1, -0.05) is 13.0 Å². The zero-order chi connectivity index (χ0) is 23.5. The fourth-order valence-electron chi connectivity index (χ4n) is 3.63. The van der Waals surface area contributed by atoms with Crippen LogP contribution in [0.4, 0.5) is 13.6 Å². The zero-order valence-corrected chi connectivity index (χ0v) is 18.8. The van der Waals surface area contributed by atoms with Crippen LogP contribution in [0.2, 0.25) is 0 Å². The Kier molecular flexibility index (Phi) is 7.10. The summed E-state index contributed by atoms with van der Waals surface area (Å²) in [5.41, 5.74) is -0.252. The lowest BCUT2D eigenvalue weighted by Crippen LogP contribution is -2.45. The van der Waals surface area contributed by atoms with Crippen LogP contribution in [-0.2, 0) is 35.5 Å². The van der Waals surface area contributed by atoms with Crippen molar-refractivity contribution in [2.75, 3.05) is 6.54 Å². The first-order valence-corrected chi connectivity index (χ1v) is 10.7. The van der Waals surface area contributed by atoms with Crippen LogP contribution >= 0.6 is 0 Å². The van der Waals surface area contributed by atoms with Crippen molar-refractivity contribution in [1.82, 2.24) is 25.0 Å². The SMILES string of the molecule is CCc1nnc2n1CCN(C(=O)C[C@@H](Cc1ccc(F)c(F)c1)NC(=O)OC(C)(C)C)C2. The molecule has 32 heavy (non-hydrogen) atoms. The number of fused-ring (bicyclic) bond motifs is 1. The number of amides is 2. The van der Waals surface area contributed by atoms with Crippen LogP contribution in [-0.4, -0.2) is 49.9 Å². The van der Waals surface area contributed by atoms with E-state index in [1.165, 1.54) is 6.07 Å². The Bertz CT molecular complexity index is 986. The molecule has 0 saturated carbocycles. The van der Waals surface area contributed by atoms with Gasteiger partial charge in [-0.3, -0.25) is 4.79 Å². The fraction of sp³-hybridized carbons (Fsp3) is 0.545. The molecule has 1 N–H and O–H groups in total. The second-order valence-corrected chi connectivity index (χ2v) is 8.85. The van der Waals surface area contributed by atoms with Crippen LogP contribution in [0.15, 0.2) is 18.2 Å². The van der Waals surface area contributed by atoms with Crippen LogP contribution in [0, 0.1) is 11.6 Å². The summed E-state index contributed by atoms with van der Waals surface area (Å²) < 4.78 is 34.3. The lowest BCUT2D eigenvalue weighted by Gasteiger charge is -2.30. The summed E-state index contributed by atoms with van der Waals surface area (Å²) in [5, 5.41) is 11.0. The molecule has 174 valence electrons. The summed E-state index contributed by atoms with van der Waals surface area (Å²) >= 11 is 0. The first kappa shape index (κ1) is 23.6. The quantitative estimate of drug-likeness (QED) is 0.732. The van der Waals surface area contributed by atoms with Gasteiger partial charge in [-0.05, 0) is 44.9 Å². The van der Waals surface area contributed by atoms with Crippen molar-refractivity contribution in [3.05, 3.63) is 47.0 Å². The van der Waals surface area contributed by atoms with Crippen LogP contribution < -0.4 is 5.32 Å². The maximum atomic E-state index is 13.7. The molecule has 1 atom stereocenters. The first-order valence-electron chi connectivity index (χ1n) is 10.7. The van der Waals surface area contributed by atoms with Crippen LogP contribution in [0.1, 0.15) is 51.3 Å². The fourth-order valence-corrected chi connectivity index (χ4v) is 3.63. The van der Waals surface area contributed by atoms with E-state index in [0.717, 1.165) is 30.2 Å². The van der Waals surface area contributed by atoms with E-state index in [9.17, 15) is 18.4 Å². The highest BCUT2D eigenvalue weighted by molar-refractivity contribution is 5.78. The van der Waals surface area contributed by atoms with Gasteiger partial charge in [0.15, 0.2) is 17.5 Å². The summed E-state index contributed by atoms with van der Waals surface area (Å²) in [4.78, 5) is 27.0. The molecular formula is C22H29F2N5O3. The minimum atomic E-state index is -0.980. The van der Waals surface area contributed by atoms with Gasteiger partial charge in [0.05, 0.1) is 6.54 Å². The van der Waals surface area contributed by atoms with E-state index in [4.69, 9.17) is 4.74 Å². The van der Waals surface area contributed by atoms with E-state index in [-0.39, 0.29) is 18.7 Å².